The van der Waals surface area contributed by atoms with Gasteiger partial charge in [-0.1, -0.05) is 74.0 Å². The van der Waals surface area contributed by atoms with Gasteiger partial charge in [-0.25, -0.2) is 18.9 Å². The topological polar surface area (TPSA) is 64.2 Å². The lowest BCUT2D eigenvalue weighted by atomic mass is 9.91. The van der Waals surface area contributed by atoms with Crippen LogP contribution in [0.1, 0.15) is 36.8 Å². The fourth-order valence-electron chi connectivity index (χ4n) is 3.52. The number of fused-ring (bicyclic) bond motifs is 1. The van der Waals surface area contributed by atoms with Gasteiger partial charge in [-0.05, 0) is 17.5 Å². The highest BCUT2D eigenvalue weighted by Gasteiger charge is 2.16. The summed E-state index contributed by atoms with van der Waals surface area (Å²) >= 11 is 0. The number of anilines is 1. The van der Waals surface area contributed by atoms with E-state index in [-0.39, 0.29) is 11.6 Å². The molecule has 2 aromatic carbocycles. The molecule has 4 aromatic rings. The van der Waals surface area contributed by atoms with Crippen LogP contribution in [0.15, 0.2) is 77.9 Å². The Bertz CT molecular complexity index is 1080. The van der Waals surface area contributed by atoms with Crippen molar-refractivity contribution in [1.29, 1.82) is 0 Å². The average Bonchev–Trinajstić information content (AvgIpc) is 3.10. The molecule has 0 fully saturated rings. The third-order valence-corrected chi connectivity index (χ3v) is 5.10. The fourth-order valence-corrected chi connectivity index (χ4v) is 3.52. The van der Waals surface area contributed by atoms with Crippen LogP contribution in [0.5, 0.6) is 0 Å². The number of aryl methyl sites for hydroxylation is 1. The molecule has 0 radical (unpaired) electrons. The predicted octanol–water partition coefficient (Wildman–Crippen LogP) is 3.94. The number of hydrogen-bond acceptors (Lipinski definition) is 4. The van der Waals surface area contributed by atoms with Crippen molar-refractivity contribution >= 4 is 11.5 Å². The molecule has 4 rings (SSSR count). The molecule has 2 aromatic heterocycles. The van der Waals surface area contributed by atoms with Gasteiger partial charge < -0.3 is 5.32 Å². The van der Waals surface area contributed by atoms with Crippen molar-refractivity contribution in [2.24, 2.45) is 0 Å². The Balaban J connectivity index is 1.64. The summed E-state index contributed by atoms with van der Waals surface area (Å²) in [5, 5.41) is 7.95. The molecule has 0 saturated carbocycles. The Morgan fingerprint density at radius 1 is 1.00 bits per heavy atom. The molecular formula is C23H25N5O. The van der Waals surface area contributed by atoms with E-state index in [4.69, 9.17) is 0 Å². The van der Waals surface area contributed by atoms with E-state index in [1.54, 1.807) is 16.8 Å². The Labute approximate surface area is 169 Å². The summed E-state index contributed by atoms with van der Waals surface area (Å²) in [4.78, 5) is 17.0. The highest BCUT2D eigenvalue weighted by atomic mass is 16.2. The van der Waals surface area contributed by atoms with E-state index in [0.29, 0.717) is 24.6 Å². The lowest BCUT2D eigenvalue weighted by Gasteiger charge is -2.19. The number of nitrogens with one attached hydrogen (secondary N) is 1. The number of rotatable bonds is 8. The molecule has 6 nitrogen and oxygen atoms in total. The largest absolute Gasteiger partial charge is 0.366 e. The van der Waals surface area contributed by atoms with Gasteiger partial charge in [0.2, 0.25) is 5.65 Å². The lowest BCUT2D eigenvalue weighted by molar-refractivity contribution is 0.554. The van der Waals surface area contributed by atoms with Crippen molar-refractivity contribution in [1.82, 2.24) is 19.2 Å². The number of benzene rings is 2. The van der Waals surface area contributed by atoms with Gasteiger partial charge in [0.05, 0.1) is 0 Å². The molecule has 0 spiro atoms. The van der Waals surface area contributed by atoms with Crippen LogP contribution in [0.3, 0.4) is 0 Å². The van der Waals surface area contributed by atoms with Crippen LogP contribution < -0.4 is 11.0 Å². The van der Waals surface area contributed by atoms with Gasteiger partial charge >= 0.3 is 5.69 Å². The Hall–Kier alpha value is -3.41. The molecule has 0 aliphatic heterocycles. The van der Waals surface area contributed by atoms with E-state index >= 15 is 0 Å². The second-order valence-corrected chi connectivity index (χ2v) is 7.08. The van der Waals surface area contributed by atoms with Crippen molar-refractivity contribution in [2.45, 2.75) is 32.2 Å². The Kier molecular flexibility index (Phi) is 5.70. The molecule has 148 valence electrons. The molecule has 1 N–H and O–H groups in total. The second-order valence-electron chi connectivity index (χ2n) is 7.08. The van der Waals surface area contributed by atoms with Crippen LogP contribution in [0.2, 0.25) is 0 Å². The molecule has 2 heterocycles. The summed E-state index contributed by atoms with van der Waals surface area (Å²) in [6.07, 6.45) is 5.25. The van der Waals surface area contributed by atoms with E-state index in [0.717, 1.165) is 12.8 Å². The van der Waals surface area contributed by atoms with Crippen LogP contribution in [-0.4, -0.2) is 25.7 Å². The van der Waals surface area contributed by atoms with E-state index in [1.165, 1.54) is 15.8 Å². The predicted molar refractivity (Wildman–Crippen MR) is 115 cm³/mol. The molecule has 0 aliphatic carbocycles. The number of unbranched alkanes of at least 4 members (excludes halogenated alkanes) is 1. The number of nitrogens with zero attached hydrogens (tertiary/aromatic N) is 4. The molecule has 6 heteroatoms. The lowest BCUT2D eigenvalue weighted by Crippen LogP contribution is -2.21. The minimum Gasteiger partial charge on any atom is -0.366 e. The average molecular weight is 387 g/mol. The zero-order valence-electron chi connectivity index (χ0n) is 16.5. The quantitative estimate of drug-likeness (QED) is 0.497. The van der Waals surface area contributed by atoms with Gasteiger partial charge in [0.15, 0.2) is 5.82 Å². The van der Waals surface area contributed by atoms with Crippen LogP contribution in [0.25, 0.3) is 5.65 Å². The molecule has 0 amide bonds. The van der Waals surface area contributed by atoms with E-state index in [1.807, 2.05) is 12.1 Å². The van der Waals surface area contributed by atoms with Gasteiger partial charge in [0.1, 0.15) is 0 Å². The van der Waals surface area contributed by atoms with Gasteiger partial charge in [-0.3, -0.25) is 0 Å². The zero-order chi connectivity index (χ0) is 20.1. The molecule has 0 atom stereocenters. The maximum atomic E-state index is 12.6. The van der Waals surface area contributed by atoms with E-state index in [2.05, 4.69) is 70.9 Å². The summed E-state index contributed by atoms with van der Waals surface area (Å²) < 4.78 is 3.09. The first-order valence-electron chi connectivity index (χ1n) is 10.1. The van der Waals surface area contributed by atoms with E-state index < -0.39 is 0 Å². The molecule has 0 unspecified atom stereocenters. The summed E-state index contributed by atoms with van der Waals surface area (Å²) in [6.45, 7) is 3.37. The first kappa shape index (κ1) is 18.9. The maximum Gasteiger partial charge on any atom is 0.350 e. The van der Waals surface area contributed by atoms with Gasteiger partial charge in [-0.2, -0.15) is 0 Å². The fraction of sp³-hybridized carbons (Fsp3) is 0.261. The van der Waals surface area contributed by atoms with Crippen LogP contribution >= 0.6 is 0 Å². The minimum absolute atomic E-state index is 0.124. The van der Waals surface area contributed by atoms with Gasteiger partial charge in [0, 0.05) is 31.4 Å². The van der Waals surface area contributed by atoms with Crippen molar-refractivity contribution in [3.05, 3.63) is 94.7 Å². The standard InChI is InChI=1S/C23H25N5O/c1-2-3-15-28-23(29)27-16-14-24-21(22(27)26-28)25-17-20(18-10-6-4-7-11-18)19-12-8-5-9-13-19/h4-14,16,20H,2-3,15,17H2,1H3,(H,24,25). The molecule has 29 heavy (non-hydrogen) atoms. The zero-order valence-corrected chi connectivity index (χ0v) is 16.5. The monoisotopic (exact) mass is 387 g/mol. The van der Waals surface area contributed by atoms with Crippen molar-refractivity contribution < 1.29 is 0 Å². The first-order valence-corrected chi connectivity index (χ1v) is 10.1. The van der Waals surface area contributed by atoms with Crippen molar-refractivity contribution in [3.63, 3.8) is 0 Å². The normalized spacial score (nSPS) is 11.2. The van der Waals surface area contributed by atoms with Gasteiger partial charge in [0.25, 0.3) is 0 Å². The molecular weight excluding hydrogens is 362 g/mol. The first-order chi connectivity index (χ1) is 14.3. The third kappa shape index (κ3) is 4.06. The van der Waals surface area contributed by atoms with Crippen LogP contribution in [0.4, 0.5) is 5.82 Å². The Morgan fingerprint density at radius 2 is 1.66 bits per heavy atom. The van der Waals surface area contributed by atoms with Gasteiger partial charge in [-0.15, -0.1) is 5.10 Å². The number of hydrogen-bond donors (Lipinski definition) is 1. The van der Waals surface area contributed by atoms with Crippen molar-refractivity contribution in [3.8, 4) is 0 Å². The van der Waals surface area contributed by atoms with Crippen LogP contribution in [0, 0.1) is 0 Å². The summed E-state index contributed by atoms with van der Waals surface area (Å²) in [5.74, 6) is 0.782. The summed E-state index contributed by atoms with van der Waals surface area (Å²) in [6, 6.07) is 20.8. The molecule has 0 aliphatic rings. The smallest absolute Gasteiger partial charge is 0.350 e. The van der Waals surface area contributed by atoms with Crippen LogP contribution in [-0.2, 0) is 6.54 Å². The Morgan fingerprint density at radius 3 is 2.28 bits per heavy atom. The molecule has 0 bridgehead atoms. The number of aromatic nitrogens is 4. The maximum absolute atomic E-state index is 12.6. The minimum atomic E-state index is -0.124. The van der Waals surface area contributed by atoms with E-state index in [9.17, 15) is 4.79 Å². The highest BCUT2D eigenvalue weighted by molar-refractivity contribution is 5.61. The summed E-state index contributed by atoms with van der Waals surface area (Å²) in [7, 11) is 0. The summed E-state index contributed by atoms with van der Waals surface area (Å²) in [5.41, 5.74) is 2.89. The third-order valence-electron chi connectivity index (χ3n) is 5.10. The SMILES string of the molecule is CCCCn1nc2c(NCC(c3ccccc3)c3ccccc3)nccn2c1=O. The second kappa shape index (κ2) is 8.73. The van der Waals surface area contributed by atoms with Crippen molar-refractivity contribution in [2.75, 3.05) is 11.9 Å². The molecule has 0 saturated heterocycles. The highest BCUT2D eigenvalue weighted by Crippen LogP contribution is 2.25.